The Morgan fingerprint density at radius 3 is 2.73 bits per heavy atom. The molecule has 0 N–H and O–H groups in total. The average Bonchev–Trinajstić information content (AvgIpc) is 2.46. The Bertz CT molecular complexity index is 195. The number of nitrogens with zero attached hydrogens (tertiary/aromatic N) is 1. The average molecular weight is 151 g/mol. The lowest BCUT2D eigenvalue weighted by Crippen LogP contribution is -2.23. The first-order valence-corrected chi connectivity index (χ1v) is 4.59. The summed E-state index contributed by atoms with van der Waals surface area (Å²) in [6.07, 6.45) is 6.55. The van der Waals surface area contributed by atoms with Crippen LogP contribution in [-0.4, -0.2) is 25.0 Å². The van der Waals surface area contributed by atoms with E-state index in [1.807, 2.05) is 0 Å². The molecule has 1 heterocycles. The Hall–Kier alpha value is -0.300. The monoisotopic (exact) mass is 151 g/mol. The Morgan fingerprint density at radius 2 is 2.27 bits per heavy atom. The van der Waals surface area contributed by atoms with E-state index in [2.05, 4.69) is 24.9 Å². The molecule has 62 valence electrons. The highest BCUT2D eigenvalue weighted by molar-refractivity contribution is 5.20. The largest absolute Gasteiger partial charge is 0.305 e. The van der Waals surface area contributed by atoms with E-state index in [0.29, 0.717) is 5.41 Å². The lowest BCUT2D eigenvalue weighted by molar-refractivity contribution is 0.328. The fourth-order valence-corrected chi connectivity index (χ4v) is 2.58. The summed E-state index contributed by atoms with van der Waals surface area (Å²) in [5, 5.41) is 0. The minimum atomic E-state index is 0.606. The summed E-state index contributed by atoms with van der Waals surface area (Å²) in [6.45, 7) is 4.91. The third-order valence-corrected chi connectivity index (χ3v) is 3.45. The molecule has 0 aromatic heterocycles. The SMILES string of the molecule is CC1=CCCC12CCN(C)C2. The van der Waals surface area contributed by atoms with E-state index in [1.54, 1.807) is 5.57 Å². The highest BCUT2D eigenvalue weighted by Gasteiger charge is 2.39. The minimum Gasteiger partial charge on any atom is -0.305 e. The van der Waals surface area contributed by atoms with Crippen molar-refractivity contribution in [1.82, 2.24) is 4.90 Å². The van der Waals surface area contributed by atoms with Gasteiger partial charge in [-0.1, -0.05) is 11.6 Å². The number of hydrogen-bond acceptors (Lipinski definition) is 1. The second-order valence-electron chi connectivity index (χ2n) is 4.19. The van der Waals surface area contributed by atoms with E-state index >= 15 is 0 Å². The van der Waals surface area contributed by atoms with Gasteiger partial charge in [-0.3, -0.25) is 0 Å². The highest BCUT2D eigenvalue weighted by Crippen LogP contribution is 2.45. The second kappa shape index (κ2) is 2.34. The molecule has 11 heavy (non-hydrogen) atoms. The molecule has 1 spiro atoms. The van der Waals surface area contributed by atoms with E-state index in [9.17, 15) is 0 Å². The summed E-state index contributed by atoms with van der Waals surface area (Å²) >= 11 is 0. The van der Waals surface area contributed by atoms with Gasteiger partial charge in [0, 0.05) is 12.0 Å². The molecule has 1 heteroatoms. The molecule has 1 atom stereocenters. The van der Waals surface area contributed by atoms with Crippen LogP contribution in [0, 0.1) is 5.41 Å². The molecule has 2 rings (SSSR count). The number of likely N-dealkylation sites (tertiary alicyclic amines) is 1. The molecule has 0 bridgehead atoms. The quantitative estimate of drug-likeness (QED) is 0.479. The summed E-state index contributed by atoms with van der Waals surface area (Å²) in [6, 6.07) is 0. The van der Waals surface area contributed by atoms with Crippen molar-refractivity contribution in [2.45, 2.75) is 26.2 Å². The second-order valence-corrected chi connectivity index (χ2v) is 4.19. The van der Waals surface area contributed by atoms with Crippen molar-refractivity contribution in [3.63, 3.8) is 0 Å². The molecule has 1 saturated heterocycles. The van der Waals surface area contributed by atoms with E-state index in [4.69, 9.17) is 0 Å². The van der Waals surface area contributed by atoms with Crippen LogP contribution in [0.25, 0.3) is 0 Å². The maximum atomic E-state index is 2.46. The lowest BCUT2D eigenvalue weighted by atomic mass is 9.81. The van der Waals surface area contributed by atoms with Crippen LogP contribution in [0.3, 0.4) is 0 Å². The molecule has 1 nitrogen and oxygen atoms in total. The van der Waals surface area contributed by atoms with Crippen LogP contribution < -0.4 is 0 Å². The van der Waals surface area contributed by atoms with Crippen LogP contribution in [0.15, 0.2) is 11.6 Å². The van der Waals surface area contributed by atoms with Crippen molar-refractivity contribution in [3.8, 4) is 0 Å². The van der Waals surface area contributed by atoms with Crippen LogP contribution in [-0.2, 0) is 0 Å². The van der Waals surface area contributed by atoms with E-state index in [-0.39, 0.29) is 0 Å². The molecule has 2 aliphatic rings. The zero-order chi connectivity index (χ0) is 7.90. The molecule has 1 unspecified atom stereocenters. The third kappa shape index (κ3) is 1.02. The number of hydrogen-bond donors (Lipinski definition) is 0. The van der Waals surface area contributed by atoms with E-state index < -0.39 is 0 Å². The third-order valence-electron chi connectivity index (χ3n) is 3.45. The maximum Gasteiger partial charge on any atom is 0.00728 e. The van der Waals surface area contributed by atoms with Gasteiger partial charge in [0.1, 0.15) is 0 Å². The smallest absolute Gasteiger partial charge is 0.00728 e. The number of allylic oxidation sites excluding steroid dienone is 1. The van der Waals surface area contributed by atoms with Crippen molar-refractivity contribution in [2.24, 2.45) is 5.41 Å². The fraction of sp³-hybridized carbons (Fsp3) is 0.800. The van der Waals surface area contributed by atoms with Gasteiger partial charge in [-0.05, 0) is 39.8 Å². The van der Waals surface area contributed by atoms with Crippen molar-refractivity contribution < 1.29 is 0 Å². The standard InChI is InChI=1S/C10H17N/c1-9-4-3-5-10(9)6-7-11(2)8-10/h4H,3,5-8H2,1-2H3. The summed E-state index contributed by atoms with van der Waals surface area (Å²) < 4.78 is 0. The zero-order valence-electron chi connectivity index (χ0n) is 7.56. The summed E-state index contributed by atoms with van der Waals surface area (Å²) in [4.78, 5) is 2.46. The predicted molar refractivity (Wildman–Crippen MR) is 47.5 cm³/mol. The predicted octanol–water partition coefficient (Wildman–Crippen LogP) is 2.05. The molecular formula is C10H17N. The molecule has 0 radical (unpaired) electrons. The zero-order valence-corrected chi connectivity index (χ0v) is 7.56. The topological polar surface area (TPSA) is 3.24 Å². The molecule has 1 fully saturated rings. The van der Waals surface area contributed by atoms with Gasteiger partial charge in [0.2, 0.25) is 0 Å². The van der Waals surface area contributed by atoms with Gasteiger partial charge in [-0.15, -0.1) is 0 Å². The Kier molecular flexibility index (Phi) is 1.57. The van der Waals surface area contributed by atoms with Gasteiger partial charge in [0.15, 0.2) is 0 Å². The Balaban J connectivity index is 2.18. The van der Waals surface area contributed by atoms with Gasteiger partial charge in [0.05, 0.1) is 0 Å². The van der Waals surface area contributed by atoms with Crippen LogP contribution in [0.4, 0.5) is 0 Å². The Morgan fingerprint density at radius 1 is 1.45 bits per heavy atom. The van der Waals surface area contributed by atoms with Gasteiger partial charge < -0.3 is 4.90 Å². The van der Waals surface area contributed by atoms with Crippen molar-refractivity contribution in [3.05, 3.63) is 11.6 Å². The van der Waals surface area contributed by atoms with Gasteiger partial charge >= 0.3 is 0 Å². The van der Waals surface area contributed by atoms with Gasteiger partial charge in [-0.25, -0.2) is 0 Å². The van der Waals surface area contributed by atoms with E-state index in [1.165, 1.54) is 32.4 Å². The molecule has 1 aliphatic carbocycles. The molecule has 1 aliphatic heterocycles. The molecule has 0 saturated carbocycles. The molecular weight excluding hydrogens is 134 g/mol. The Labute approximate surface area is 69.1 Å². The van der Waals surface area contributed by atoms with Crippen molar-refractivity contribution in [1.29, 1.82) is 0 Å². The minimum absolute atomic E-state index is 0.606. The first kappa shape index (κ1) is 7.35. The summed E-state index contributed by atoms with van der Waals surface area (Å²) in [7, 11) is 2.24. The molecule has 0 amide bonds. The first-order valence-electron chi connectivity index (χ1n) is 4.59. The summed E-state index contributed by atoms with van der Waals surface area (Å²) in [5.74, 6) is 0. The van der Waals surface area contributed by atoms with Crippen LogP contribution in [0.2, 0.25) is 0 Å². The fourth-order valence-electron chi connectivity index (χ4n) is 2.58. The van der Waals surface area contributed by atoms with Crippen LogP contribution >= 0.6 is 0 Å². The van der Waals surface area contributed by atoms with Crippen molar-refractivity contribution in [2.75, 3.05) is 20.1 Å². The first-order chi connectivity index (χ1) is 5.23. The molecule has 0 aromatic rings. The maximum absolute atomic E-state index is 2.46. The summed E-state index contributed by atoms with van der Waals surface area (Å²) in [5.41, 5.74) is 2.26. The van der Waals surface area contributed by atoms with Crippen molar-refractivity contribution >= 4 is 0 Å². The lowest BCUT2D eigenvalue weighted by Gasteiger charge is -2.25. The number of rotatable bonds is 0. The normalized spacial score (nSPS) is 38.5. The van der Waals surface area contributed by atoms with E-state index in [0.717, 1.165) is 0 Å². The van der Waals surface area contributed by atoms with Crippen LogP contribution in [0.5, 0.6) is 0 Å². The van der Waals surface area contributed by atoms with Gasteiger partial charge in [0.25, 0.3) is 0 Å². The van der Waals surface area contributed by atoms with Crippen LogP contribution in [0.1, 0.15) is 26.2 Å². The van der Waals surface area contributed by atoms with Gasteiger partial charge in [-0.2, -0.15) is 0 Å². The highest BCUT2D eigenvalue weighted by atomic mass is 15.1. The molecule has 0 aromatic carbocycles.